The molecule has 18 heavy (non-hydrogen) atoms. The van der Waals surface area contributed by atoms with Crippen molar-refractivity contribution in [2.75, 3.05) is 11.4 Å². The fourth-order valence-corrected chi connectivity index (χ4v) is 2.78. The molecular weight excluding hydrogens is 229 g/mol. The summed E-state index contributed by atoms with van der Waals surface area (Å²) in [4.78, 5) is 2.13. The van der Waals surface area contributed by atoms with E-state index in [2.05, 4.69) is 11.8 Å². The molecule has 0 amide bonds. The second-order valence-electron chi connectivity index (χ2n) is 5.25. The molecule has 1 aromatic rings. The Morgan fingerprint density at radius 1 is 1.33 bits per heavy atom. The lowest BCUT2D eigenvalue weighted by Gasteiger charge is -2.32. The highest BCUT2D eigenvalue weighted by Crippen LogP contribution is 2.33. The van der Waals surface area contributed by atoms with Crippen LogP contribution in [0, 0.1) is 5.82 Å². The van der Waals surface area contributed by atoms with Gasteiger partial charge in [0.15, 0.2) is 0 Å². The van der Waals surface area contributed by atoms with Crippen molar-refractivity contribution in [3.8, 4) is 0 Å². The van der Waals surface area contributed by atoms with Gasteiger partial charge in [-0.15, -0.1) is 0 Å². The lowest BCUT2D eigenvalue weighted by Crippen LogP contribution is -2.34. The van der Waals surface area contributed by atoms with Crippen LogP contribution in [0.4, 0.5) is 10.1 Å². The fourth-order valence-electron chi connectivity index (χ4n) is 2.78. The molecule has 3 heteroatoms. The van der Waals surface area contributed by atoms with Crippen LogP contribution in [0.2, 0.25) is 0 Å². The Bertz CT molecular complexity index is 405. The molecule has 0 spiro atoms. The summed E-state index contributed by atoms with van der Waals surface area (Å²) >= 11 is 0. The molecular formula is C15H22FNO. The largest absolute Gasteiger partial charge is 0.389 e. The number of aliphatic hydroxyl groups is 1. The van der Waals surface area contributed by atoms with Gasteiger partial charge in [-0.05, 0) is 32.8 Å². The van der Waals surface area contributed by atoms with Gasteiger partial charge in [-0.1, -0.05) is 25.0 Å². The molecule has 1 unspecified atom stereocenters. The highest BCUT2D eigenvalue weighted by Gasteiger charge is 2.23. The average Bonchev–Trinajstić information content (AvgIpc) is 2.54. The van der Waals surface area contributed by atoms with Crippen LogP contribution in [0.15, 0.2) is 18.2 Å². The Labute approximate surface area is 108 Å². The number of aliphatic hydroxyl groups excluding tert-OH is 1. The van der Waals surface area contributed by atoms with Gasteiger partial charge in [-0.25, -0.2) is 4.39 Å². The van der Waals surface area contributed by atoms with Crippen LogP contribution in [0.5, 0.6) is 0 Å². The second-order valence-corrected chi connectivity index (χ2v) is 5.25. The molecule has 2 nitrogen and oxygen atoms in total. The summed E-state index contributed by atoms with van der Waals surface area (Å²) in [5.74, 6) is -0.220. The van der Waals surface area contributed by atoms with Crippen molar-refractivity contribution in [1.82, 2.24) is 0 Å². The average molecular weight is 251 g/mol. The van der Waals surface area contributed by atoms with Crippen LogP contribution in [0.25, 0.3) is 0 Å². The van der Waals surface area contributed by atoms with Crippen LogP contribution in [0.3, 0.4) is 0 Å². The Balaban J connectivity index is 2.41. The molecule has 0 aliphatic carbocycles. The van der Waals surface area contributed by atoms with Gasteiger partial charge >= 0.3 is 0 Å². The zero-order chi connectivity index (χ0) is 13.1. The van der Waals surface area contributed by atoms with Gasteiger partial charge in [0.1, 0.15) is 5.82 Å². The van der Waals surface area contributed by atoms with E-state index in [0.29, 0.717) is 17.3 Å². The Hall–Kier alpha value is -1.09. The molecule has 2 atom stereocenters. The van der Waals surface area contributed by atoms with Gasteiger partial charge in [-0.2, -0.15) is 0 Å². The summed E-state index contributed by atoms with van der Waals surface area (Å²) in [5.41, 5.74) is 1.30. The topological polar surface area (TPSA) is 23.5 Å². The van der Waals surface area contributed by atoms with Crippen molar-refractivity contribution in [2.24, 2.45) is 0 Å². The van der Waals surface area contributed by atoms with Gasteiger partial charge in [0.05, 0.1) is 11.8 Å². The number of nitrogens with zero attached hydrogens (tertiary/aromatic N) is 1. The van der Waals surface area contributed by atoms with E-state index < -0.39 is 6.10 Å². The molecule has 0 bridgehead atoms. The number of halogens is 1. The minimum absolute atomic E-state index is 0.220. The molecule has 1 fully saturated rings. The first-order valence-corrected chi connectivity index (χ1v) is 6.84. The predicted octanol–water partition coefficient (Wildman–Crippen LogP) is 3.65. The van der Waals surface area contributed by atoms with Gasteiger partial charge in [0, 0.05) is 18.2 Å². The van der Waals surface area contributed by atoms with Crippen LogP contribution in [-0.2, 0) is 0 Å². The van der Waals surface area contributed by atoms with Crippen LogP contribution >= 0.6 is 0 Å². The molecule has 1 aliphatic heterocycles. The van der Waals surface area contributed by atoms with Crippen molar-refractivity contribution in [3.05, 3.63) is 29.6 Å². The maximum atomic E-state index is 14.1. The first-order chi connectivity index (χ1) is 8.61. The predicted molar refractivity (Wildman–Crippen MR) is 72.3 cm³/mol. The van der Waals surface area contributed by atoms with Crippen molar-refractivity contribution >= 4 is 5.69 Å². The van der Waals surface area contributed by atoms with Crippen LogP contribution < -0.4 is 4.90 Å². The smallest absolute Gasteiger partial charge is 0.146 e. The van der Waals surface area contributed by atoms with Crippen LogP contribution in [0.1, 0.15) is 51.2 Å². The van der Waals surface area contributed by atoms with E-state index in [1.54, 1.807) is 13.0 Å². The number of hydrogen-bond acceptors (Lipinski definition) is 2. The van der Waals surface area contributed by atoms with E-state index in [1.807, 2.05) is 6.07 Å². The highest BCUT2D eigenvalue weighted by molar-refractivity contribution is 5.56. The highest BCUT2D eigenvalue weighted by atomic mass is 19.1. The summed E-state index contributed by atoms with van der Waals surface area (Å²) in [7, 11) is 0. The van der Waals surface area contributed by atoms with Gasteiger partial charge < -0.3 is 10.0 Å². The molecule has 1 saturated heterocycles. The summed E-state index contributed by atoms with van der Waals surface area (Å²) in [6.45, 7) is 4.71. The summed E-state index contributed by atoms with van der Waals surface area (Å²) < 4.78 is 14.1. The molecule has 0 aromatic heterocycles. The van der Waals surface area contributed by atoms with Crippen molar-refractivity contribution in [2.45, 2.75) is 51.7 Å². The molecule has 0 saturated carbocycles. The van der Waals surface area contributed by atoms with Crippen molar-refractivity contribution < 1.29 is 9.50 Å². The Morgan fingerprint density at radius 2 is 2.11 bits per heavy atom. The third kappa shape index (κ3) is 2.66. The van der Waals surface area contributed by atoms with Crippen molar-refractivity contribution in [3.63, 3.8) is 0 Å². The van der Waals surface area contributed by atoms with Crippen LogP contribution in [-0.4, -0.2) is 17.7 Å². The lowest BCUT2D eigenvalue weighted by atomic mass is 10.0. The molecule has 1 heterocycles. The SMILES string of the molecule is CC1CCCCCN1c1c(F)cccc1[C@@H](C)O. The fraction of sp³-hybridized carbons (Fsp3) is 0.600. The maximum absolute atomic E-state index is 14.1. The first kappa shape index (κ1) is 13.3. The molecule has 1 aliphatic rings. The minimum atomic E-state index is -0.633. The normalized spacial score (nSPS) is 22.7. The second kappa shape index (κ2) is 5.70. The standard InChI is InChI=1S/C15H22FNO/c1-11-7-4-3-5-10-17(11)15-13(12(2)18)8-6-9-14(15)16/h6,8-9,11-12,18H,3-5,7,10H2,1-2H3/t11?,12-/m1/s1. The number of para-hydroxylation sites is 1. The lowest BCUT2D eigenvalue weighted by molar-refractivity contribution is 0.199. The van der Waals surface area contributed by atoms with E-state index in [9.17, 15) is 9.50 Å². The van der Waals surface area contributed by atoms with Crippen molar-refractivity contribution in [1.29, 1.82) is 0 Å². The summed E-state index contributed by atoms with van der Waals surface area (Å²) in [6.07, 6.45) is 3.96. The number of rotatable bonds is 2. The van der Waals surface area contributed by atoms with Gasteiger partial charge in [0.2, 0.25) is 0 Å². The third-order valence-corrected chi connectivity index (χ3v) is 3.81. The van der Waals surface area contributed by atoms with Gasteiger partial charge in [0.25, 0.3) is 0 Å². The molecule has 100 valence electrons. The first-order valence-electron chi connectivity index (χ1n) is 6.84. The quantitative estimate of drug-likeness (QED) is 0.867. The Morgan fingerprint density at radius 3 is 2.83 bits per heavy atom. The van der Waals surface area contributed by atoms with E-state index >= 15 is 0 Å². The van der Waals surface area contributed by atoms with Gasteiger partial charge in [-0.3, -0.25) is 0 Å². The summed E-state index contributed by atoms with van der Waals surface area (Å²) in [5, 5.41) is 9.82. The zero-order valence-corrected chi connectivity index (χ0v) is 11.2. The maximum Gasteiger partial charge on any atom is 0.146 e. The van der Waals surface area contributed by atoms with E-state index in [0.717, 1.165) is 19.4 Å². The monoisotopic (exact) mass is 251 g/mol. The molecule has 0 radical (unpaired) electrons. The third-order valence-electron chi connectivity index (χ3n) is 3.81. The zero-order valence-electron chi connectivity index (χ0n) is 11.2. The number of anilines is 1. The molecule has 1 aromatic carbocycles. The van der Waals surface area contributed by atoms with E-state index in [1.165, 1.54) is 18.9 Å². The van der Waals surface area contributed by atoms with E-state index in [4.69, 9.17) is 0 Å². The van der Waals surface area contributed by atoms with E-state index in [-0.39, 0.29) is 5.82 Å². The minimum Gasteiger partial charge on any atom is -0.389 e. The Kier molecular flexibility index (Phi) is 4.23. The summed E-state index contributed by atoms with van der Waals surface area (Å²) in [6, 6.07) is 5.31. The number of benzene rings is 1. The number of hydrogen-bond donors (Lipinski definition) is 1. The molecule has 2 rings (SSSR count). The molecule has 1 N–H and O–H groups in total.